The van der Waals surface area contributed by atoms with E-state index in [9.17, 15) is 4.79 Å². The number of Topliss-reactive ketones (excluding diaryl/α,β-unsaturated/α-hetero) is 1. The molecule has 2 aromatic rings. The van der Waals surface area contributed by atoms with Crippen molar-refractivity contribution < 1.29 is 26.3 Å². The molecule has 5 nitrogen and oxygen atoms in total. The van der Waals surface area contributed by atoms with Crippen molar-refractivity contribution in [1.82, 2.24) is 4.68 Å². The van der Waals surface area contributed by atoms with Crippen molar-refractivity contribution in [1.29, 1.82) is 0 Å². The molecule has 6 heteroatoms. The van der Waals surface area contributed by atoms with Crippen LogP contribution < -0.4 is 26.4 Å². The van der Waals surface area contributed by atoms with Crippen molar-refractivity contribution in [3.05, 3.63) is 48.0 Å². The molecule has 142 valence electrons. The summed E-state index contributed by atoms with van der Waals surface area (Å²) in [5.41, 5.74) is 1.86. The molecule has 0 aliphatic heterocycles. The van der Waals surface area contributed by atoms with E-state index in [4.69, 9.17) is 0 Å². The number of carbonyl (C=O) groups is 1. The van der Waals surface area contributed by atoms with Gasteiger partial charge in [-0.2, -0.15) is 0 Å². The minimum atomic E-state index is -0.336. The fourth-order valence-electron chi connectivity index (χ4n) is 2.44. The van der Waals surface area contributed by atoms with Gasteiger partial charge in [0.05, 0.1) is 6.21 Å². The second-order valence-electron chi connectivity index (χ2n) is 7.44. The summed E-state index contributed by atoms with van der Waals surface area (Å²) in [7, 11) is 4.04. The highest BCUT2D eigenvalue weighted by Gasteiger charge is 2.26. The average Bonchev–Trinajstić information content (AvgIpc) is 2.94. The minimum Gasteiger partial charge on any atom is -1.00 e. The molecule has 0 atom stereocenters. The summed E-state index contributed by atoms with van der Waals surface area (Å²) < 4.78 is 3.83. The lowest BCUT2D eigenvalue weighted by Crippen LogP contribution is -3.00. The van der Waals surface area contributed by atoms with Crippen LogP contribution >= 0.6 is 0 Å². The van der Waals surface area contributed by atoms with Gasteiger partial charge >= 0.3 is 0 Å². The van der Waals surface area contributed by atoms with Gasteiger partial charge in [-0.3, -0.25) is 4.79 Å². The highest BCUT2D eigenvalue weighted by Crippen LogP contribution is 2.14. The Hall–Kier alpha value is -1.95. The number of hydrogen-bond donors (Lipinski definition) is 0. The van der Waals surface area contributed by atoms with Crippen LogP contribution in [0.4, 0.5) is 5.69 Å². The highest BCUT2D eigenvalue weighted by molar-refractivity contribution is 5.82. The smallest absolute Gasteiger partial charge is 0.282 e. The van der Waals surface area contributed by atoms with Gasteiger partial charge in [0, 0.05) is 31.6 Å². The molecule has 0 aliphatic carbocycles. The number of nitrogens with zero attached hydrogens (tertiary/aromatic N) is 4. The zero-order chi connectivity index (χ0) is 18.6. The van der Waals surface area contributed by atoms with Crippen LogP contribution in [0, 0.1) is 5.41 Å². The van der Waals surface area contributed by atoms with Crippen molar-refractivity contribution in [2.45, 2.75) is 40.7 Å². The van der Waals surface area contributed by atoms with E-state index >= 15 is 0 Å². The number of rotatable bonds is 6. The van der Waals surface area contributed by atoms with Gasteiger partial charge in [-0.1, -0.05) is 44.9 Å². The molecule has 0 saturated carbocycles. The van der Waals surface area contributed by atoms with Crippen molar-refractivity contribution in [3.63, 3.8) is 0 Å². The molecule has 0 radical (unpaired) electrons. The molecule has 0 amide bonds. The third-order valence-corrected chi connectivity index (χ3v) is 4.19. The van der Waals surface area contributed by atoms with E-state index in [2.05, 4.69) is 29.1 Å². The number of hydrogen-bond acceptors (Lipinski definition) is 3. The molecule has 0 saturated heterocycles. The topological polar surface area (TPSA) is 41.5 Å². The monoisotopic (exact) mass is 420 g/mol. The Morgan fingerprint density at radius 2 is 1.85 bits per heavy atom. The Balaban J connectivity index is 0.00000338. The fourth-order valence-corrected chi connectivity index (χ4v) is 2.44. The van der Waals surface area contributed by atoms with E-state index in [1.165, 1.54) is 0 Å². The molecule has 0 fully saturated rings. The first-order valence-electron chi connectivity index (χ1n) is 8.67. The fraction of sp³-hybridized carbons (Fsp3) is 0.450. The van der Waals surface area contributed by atoms with E-state index in [1.807, 2.05) is 74.9 Å². The zero-order valence-electron chi connectivity index (χ0n) is 16.5. The summed E-state index contributed by atoms with van der Waals surface area (Å²) in [4.78, 5) is 14.4. The van der Waals surface area contributed by atoms with Crippen LogP contribution in [0.15, 0.2) is 41.8 Å². The normalized spacial score (nSPS) is 11.5. The first kappa shape index (κ1) is 22.1. The quantitative estimate of drug-likeness (QED) is 0.483. The van der Waals surface area contributed by atoms with Crippen LogP contribution in [0.2, 0.25) is 0 Å². The summed E-state index contributed by atoms with van der Waals surface area (Å²) in [6, 6.07) is 8.23. The molecule has 0 N–H and O–H groups in total. The number of halogens is 1. The average molecular weight is 421 g/mol. The lowest BCUT2D eigenvalue weighted by atomic mass is 9.91. The SMILES string of the molecule is CCc1n(/N=C/c2ccc(N(C)C)cc2)cc[n+]1CC(=O)C(C)(C)C.[Br-]. The largest absolute Gasteiger partial charge is 1.00 e. The number of aromatic nitrogens is 2. The Morgan fingerprint density at radius 1 is 1.23 bits per heavy atom. The van der Waals surface area contributed by atoms with Crippen LogP contribution in [0.5, 0.6) is 0 Å². The predicted molar refractivity (Wildman–Crippen MR) is 102 cm³/mol. The van der Waals surface area contributed by atoms with Gasteiger partial charge in [-0.25, -0.2) is 4.57 Å². The molecule has 0 spiro atoms. The lowest BCUT2D eigenvalue weighted by Gasteiger charge is -2.15. The Kier molecular flexibility index (Phi) is 7.75. The van der Waals surface area contributed by atoms with Gasteiger partial charge < -0.3 is 21.9 Å². The first-order chi connectivity index (χ1) is 11.7. The standard InChI is InChI=1S/C20H29N4O.BrH/c1-7-19-23(15-18(25)20(2,3)4)12-13-24(19)21-14-16-8-10-17(11-9-16)22(5)6;/h8-14H,7,15H2,1-6H3;1H/q+1;/p-1/b21-14+;. The summed E-state index contributed by atoms with van der Waals surface area (Å²) in [5.74, 6) is 1.23. The van der Waals surface area contributed by atoms with Crippen molar-refractivity contribution >= 4 is 17.7 Å². The third kappa shape index (κ3) is 5.53. The molecule has 26 heavy (non-hydrogen) atoms. The summed E-state index contributed by atoms with van der Waals surface area (Å²) in [6.07, 6.45) is 6.48. The zero-order valence-corrected chi connectivity index (χ0v) is 18.1. The number of ketones is 1. The molecule has 0 unspecified atom stereocenters. The molecule has 1 heterocycles. The maximum Gasteiger partial charge on any atom is 0.282 e. The maximum absolute atomic E-state index is 12.3. The van der Waals surface area contributed by atoms with Gasteiger partial charge in [-0.05, 0) is 17.7 Å². The predicted octanol–water partition coefficient (Wildman–Crippen LogP) is -0.0946. The molecule has 1 aromatic heterocycles. The summed E-state index contributed by atoms with van der Waals surface area (Å²) in [6.45, 7) is 8.31. The van der Waals surface area contributed by atoms with E-state index < -0.39 is 0 Å². The Bertz CT molecular complexity index is 755. The lowest BCUT2D eigenvalue weighted by molar-refractivity contribution is -0.691. The Labute approximate surface area is 167 Å². The minimum absolute atomic E-state index is 0. The molecular weight excluding hydrogens is 392 g/mol. The third-order valence-electron chi connectivity index (χ3n) is 4.19. The number of imidazole rings is 1. The van der Waals surface area contributed by atoms with Crippen LogP contribution in [0.1, 0.15) is 39.1 Å². The summed E-state index contributed by atoms with van der Waals surface area (Å²) >= 11 is 0. The van der Waals surface area contributed by atoms with E-state index in [0.717, 1.165) is 23.5 Å². The van der Waals surface area contributed by atoms with Crippen molar-refractivity contribution in [2.24, 2.45) is 10.5 Å². The molecule has 2 rings (SSSR count). The molecule has 0 bridgehead atoms. The number of benzene rings is 1. The van der Waals surface area contributed by atoms with Gasteiger partial charge in [0.25, 0.3) is 5.82 Å². The maximum atomic E-state index is 12.3. The van der Waals surface area contributed by atoms with Crippen molar-refractivity contribution in [2.75, 3.05) is 19.0 Å². The van der Waals surface area contributed by atoms with Gasteiger partial charge in [0.2, 0.25) is 0 Å². The van der Waals surface area contributed by atoms with E-state index in [0.29, 0.717) is 6.54 Å². The molecule has 1 aromatic carbocycles. The van der Waals surface area contributed by atoms with Crippen LogP contribution in [0.3, 0.4) is 0 Å². The summed E-state index contributed by atoms with van der Waals surface area (Å²) in [5, 5.41) is 4.56. The first-order valence-corrected chi connectivity index (χ1v) is 8.67. The van der Waals surface area contributed by atoms with Crippen molar-refractivity contribution in [3.8, 4) is 0 Å². The van der Waals surface area contributed by atoms with E-state index in [1.54, 1.807) is 0 Å². The van der Waals surface area contributed by atoms with Crippen LogP contribution in [-0.4, -0.2) is 30.8 Å². The second-order valence-corrected chi connectivity index (χ2v) is 7.44. The molecule has 0 aliphatic rings. The number of carbonyl (C=O) groups excluding carboxylic acids is 1. The van der Waals surface area contributed by atoms with Gasteiger partial charge in [0.1, 0.15) is 12.7 Å². The van der Waals surface area contributed by atoms with E-state index in [-0.39, 0.29) is 28.2 Å². The van der Waals surface area contributed by atoms with Gasteiger partial charge in [0.15, 0.2) is 12.0 Å². The highest BCUT2D eigenvalue weighted by atomic mass is 79.9. The Morgan fingerprint density at radius 3 is 2.35 bits per heavy atom. The van der Waals surface area contributed by atoms with Gasteiger partial charge in [-0.15, -0.1) is 4.68 Å². The molecular formula is C20H29BrN4O. The van der Waals surface area contributed by atoms with Crippen LogP contribution in [-0.2, 0) is 17.8 Å². The van der Waals surface area contributed by atoms with Crippen LogP contribution in [0.25, 0.3) is 0 Å². The second kappa shape index (κ2) is 9.12. The number of anilines is 1.